The number of rotatable bonds is 4. The van der Waals surface area contributed by atoms with E-state index in [0.717, 1.165) is 35.5 Å². The van der Waals surface area contributed by atoms with Gasteiger partial charge in [-0.15, -0.1) is 0 Å². The van der Waals surface area contributed by atoms with Crippen LogP contribution in [0.25, 0.3) is 5.69 Å². The highest BCUT2D eigenvalue weighted by atomic mass is 16.5. The molecule has 0 bridgehead atoms. The van der Waals surface area contributed by atoms with Gasteiger partial charge < -0.3 is 10.1 Å². The second-order valence-corrected chi connectivity index (χ2v) is 6.31. The molecular weight excluding hydrogens is 326 g/mol. The molecule has 0 saturated heterocycles. The van der Waals surface area contributed by atoms with Crippen molar-refractivity contribution >= 4 is 5.91 Å². The van der Waals surface area contributed by atoms with Crippen molar-refractivity contribution in [2.75, 3.05) is 6.61 Å². The van der Waals surface area contributed by atoms with Gasteiger partial charge in [-0.25, -0.2) is 4.68 Å². The minimum Gasteiger partial charge on any atom is -0.493 e. The van der Waals surface area contributed by atoms with E-state index in [9.17, 15) is 4.79 Å². The minimum absolute atomic E-state index is 0.0442. The quantitative estimate of drug-likeness (QED) is 0.783. The zero-order valence-electron chi connectivity index (χ0n) is 14.7. The molecule has 0 radical (unpaired) electrons. The van der Waals surface area contributed by atoms with Crippen LogP contribution in [0.5, 0.6) is 5.75 Å². The molecule has 5 nitrogen and oxygen atoms in total. The number of para-hydroxylation sites is 2. The molecule has 1 amide bonds. The predicted octanol–water partition coefficient (Wildman–Crippen LogP) is 3.69. The van der Waals surface area contributed by atoms with Gasteiger partial charge in [0.15, 0.2) is 0 Å². The van der Waals surface area contributed by atoms with Gasteiger partial charge in [0, 0.05) is 12.0 Å². The lowest BCUT2D eigenvalue weighted by atomic mass is 10.00. The highest BCUT2D eigenvalue weighted by Crippen LogP contribution is 2.31. The van der Waals surface area contributed by atoms with Gasteiger partial charge in [0.25, 0.3) is 5.91 Å². The maximum Gasteiger partial charge on any atom is 0.255 e. The summed E-state index contributed by atoms with van der Waals surface area (Å²) >= 11 is 0. The smallest absolute Gasteiger partial charge is 0.255 e. The molecule has 1 atom stereocenters. The number of fused-ring (bicyclic) bond motifs is 1. The zero-order chi connectivity index (χ0) is 17.9. The van der Waals surface area contributed by atoms with Gasteiger partial charge in [-0.2, -0.15) is 5.10 Å². The van der Waals surface area contributed by atoms with E-state index in [1.165, 1.54) is 0 Å². The standard InChI is InChI=1S/C21H21N3O2/c1-2-19-17(14-22-24(19)15-8-4-3-5-9-15)21(25)23-18-12-13-26-20-11-7-6-10-16(18)20/h3-11,14,18H,2,12-13H2,1H3,(H,23,25). The summed E-state index contributed by atoms with van der Waals surface area (Å²) in [5.74, 6) is 0.755. The Labute approximate surface area is 152 Å². The average Bonchev–Trinajstić information content (AvgIpc) is 3.13. The number of carbonyl (C=O) groups is 1. The molecule has 4 rings (SSSR count). The summed E-state index contributed by atoms with van der Waals surface area (Å²) < 4.78 is 7.52. The van der Waals surface area contributed by atoms with E-state index >= 15 is 0 Å². The fraction of sp³-hybridized carbons (Fsp3) is 0.238. The van der Waals surface area contributed by atoms with Gasteiger partial charge in [0.1, 0.15) is 5.75 Å². The Hall–Kier alpha value is -3.08. The first kappa shape index (κ1) is 16.4. The predicted molar refractivity (Wildman–Crippen MR) is 99.7 cm³/mol. The minimum atomic E-state index is -0.0919. The summed E-state index contributed by atoms with van der Waals surface area (Å²) in [5.41, 5.74) is 3.52. The van der Waals surface area contributed by atoms with E-state index < -0.39 is 0 Å². The SMILES string of the molecule is CCc1c(C(=O)NC2CCOc3ccccc32)cnn1-c1ccccc1. The molecular formula is C21H21N3O2. The van der Waals surface area contributed by atoms with Crippen molar-refractivity contribution in [1.82, 2.24) is 15.1 Å². The van der Waals surface area contributed by atoms with Crippen molar-refractivity contribution in [3.63, 3.8) is 0 Å². The molecule has 1 aliphatic rings. The summed E-state index contributed by atoms with van der Waals surface area (Å²) in [5, 5.41) is 7.61. The largest absolute Gasteiger partial charge is 0.493 e. The molecule has 1 aromatic heterocycles. The van der Waals surface area contributed by atoms with Gasteiger partial charge >= 0.3 is 0 Å². The van der Waals surface area contributed by atoms with Gasteiger partial charge in [0.2, 0.25) is 0 Å². The topological polar surface area (TPSA) is 56.1 Å². The highest BCUT2D eigenvalue weighted by Gasteiger charge is 2.25. The van der Waals surface area contributed by atoms with Crippen LogP contribution in [-0.4, -0.2) is 22.3 Å². The van der Waals surface area contributed by atoms with Crippen LogP contribution in [0.3, 0.4) is 0 Å². The number of carbonyl (C=O) groups excluding carboxylic acids is 1. The molecule has 132 valence electrons. The first-order chi connectivity index (χ1) is 12.8. The number of hydrogen-bond donors (Lipinski definition) is 1. The van der Waals surface area contributed by atoms with E-state index in [1.54, 1.807) is 6.20 Å². The van der Waals surface area contributed by atoms with E-state index in [-0.39, 0.29) is 11.9 Å². The molecule has 1 aliphatic heterocycles. The Kier molecular flexibility index (Phi) is 4.44. The van der Waals surface area contributed by atoms with Crippen LogP contribution < -0.4 is 10.1 Å². The van der Waals surface area contributed by atoms with E-state index in [4.69, 9.17) is 4.74 Å². The molecule has 1 unspecified atom stereocenters. The van der Waals surface area contributed by atoms with Crippen LogP contribution in [0.2, 0.25) is 0 Å². The Morgan fingerprint density at radius 1 is 1.19 bits per heavy atom. The third-order valence-corrected chi connectivity index (χ3v) is 4.71. The van der Waals surface area contributed by atoms with Crippen LogP contribution in [0.15, 0.2) is 60.8 Å². The molecule has 2 aromatic carbocycles. The summed E-state index contributed by atoms with van der Waals surface area (Å²) in [6.45, 7) is 2.64. The van der Waals surface area contributed by atoms with Gasteiger partial charge in [-0.1, -0.05) is 43.3 Å². The maximum absolute atomic E-state index is 12.9. The fourth-order valence-electron chi connectivity index (χ4n) is 3.42. The van der Waals surface area contributed by atoms with Crippen molar-refractivity contribution < 1.29 is 9.53 Å². The van der Waals surface area contributed by atoms with Crippen molar-refractivity contribution in [2.45, 2.75) is 25.8 Å². The molecule has 0 aliphatic carbocycles. The molecule has 3 aromatic rings. The molecule has 5 heteroatoms. The third kappa shape index (κ3) is 2.96. The third-order valence-electron chi connectivity index (χ3n) is 4.71. The number of hydrogen-bond acceptors (Lipinski definition) is 3. The average molecular weight is 347 g/mol. The summed E-state index contributed by atoms with van der Waals surface area (Å²) in [7, 11) is 0. The van der Waals surface area contributed by atoms with Gasteiger partial charge in [-0.3, -0.25) is 4.79 Å². The van der Waals surface area contributed by atoms with Gasteiger partial charge in [-0.05, 0) is 24.6 Å². The van der Waals surface area contributed by atoms with Crippen molar-refractivity contribution in [1.29, 1.82) is 0 Å². The number of aromatic nitrogens is 2. The summed E-state index contributed by atoms with van der Waals surface area (Å²) in [4.78, 5) is 12.9. The van der Waals surface area contributed by atoms with Crippen LogP contribution in [-0.2, 0) is 6.42 Å². The van der Waals surface area contributed by atoms with Crippen LogP contribution in [0.1, 0.15) is 41.0 Å². The van der Waals surface area contributed by atoms with Crippen LogP contribution in [0, 0.1) is 0 Å². The monoisotopic (exact) mass is 347 g/mol. The zero-order valence-corrected chi connectivity index (χ0v) is 14.7. The number of amides is 1. The fourth-order valence-corrected chi connectivity index (χ4v) is 3.42. The Morgan fingerprint density at radius 3 is 2.77 bits per heavy atom. The lowest BCUT2D eigenvalue weighted by Gasteiger charge is -2.26. The lowest BCUT2D eigenvalue weighted by Crippen LogP contribution is -2.32. The van der Waals surface area contributed by atoms with Crippen LogP contribution in [0.4, 0.5) is 0 Å². The maximum atomic E-state index is 12.9. The molecule has 2 heterocycles. The Morgan fingerprint density at radius 2 is 1.96 bits per heavy atom. The van der Waals surface area contributed by atoms with Crippen molar-refractivity contribution in [3.8, 4) is 11.4 Å². The first-order valence-electron chi connectivity index (χ1n) is 8.93. The molecule has 0 saturated carbocycles. The molecule has 26 heavy (non-hydrogen) atoms. The Balaban J connectivity index is 1.61. The van der Waals surface area contributed by atoms with Crippen LogP contribution >= 0.6 is 0 Å². The number of benzene rings is 2. The molecule has 1 N–H and O–H groups in total. The first-order valence-corrected chi connectivity index (χ1v) is 8.93. The molecule has 0 fully saturated rings. The van der Waals surface area contributed by atoms with Crippen molar-refractivity contribution in [2.24, 2.45) is 0 Å². The van der Waals surface area contributed by atoms with E-state index in [2.05, 4.69) is 10.4 Å². The Bertz CT molecular complexity index is 918. The number of nitrogens with one attached hydrogen (secondary N) is 1. The number of nitrogens with zero attached hydrogens (tertiary/aromatic N) is 2. The highest BCUT2D eigenvalue weighted by molar-refractivity contribution is 5.95. The number of ether oxygens (including phenoxy) is 1. The van der Waals surface area contributed by atoms with Gasteiger partial charge in [0.05, 0.1) is 35.8 Å². The molecule has 0 spiro atoms. The second kappa shape index (κ2) is 7.04. The normalized spacial score (nSPS) is 15.8. The second-order valence-electron chi connectivity index (χ2n) is 6.31. The summed E-state index contributed by atoms with van der Waals surface area (Å²) in [6.07, 6.45) is 3.14. The van der Waals surface area contributed by atoms with Crippen molar-refractivity contribution in [3.05, 3.63) is 77.6 Å². The lowest BCUT2D eigenvalue weighted by molar-refractivity contribution is 0.0924. The van der Waals surface area contributed by atoms with E-state index in [0.29, 0.717) is 12.2 Å². The van der Waals surface area contributed by atoms with E-state index in [1.807, 2.05) is 66.2 Å². The summed E-state index contributed by atoms with van der Waals surface area (Å²) in [6, 6.07) is 17.7.